The van der Waals surface area contributed by atoms with Crippen LogP contribution in [0.25, 0.3) is 0 Å². The molecule has 9 nitrogen and oxygen atoms in total. The van der Waals surface area contributed by atoms with Gasteiger partial charge < -0.3 is 15.0 Å². The van der Waals surface area contributed by atoms with E-state index in [2.05, 4.69) is 20.6 Å². The minimum atomic E-state index is -0.610. The lowest BCUT2D eigenvalue weighted by Gasteiger charge is -2.32. The molecule has 0 spiro atoms. The van der Waals surface area contributed by atoms with E-state index in [4.69, 9.17) is 4.74 Å². The maximum absolute atomic E-state index is 12.9. The molecule has 3 aliphatic rings. The van der Waals surface area contributed by atoms with E-state index in [0.29, 0.717) is 25.1 Å². The van der Waals surface area contributed by atoms with Crippen molar-refractivity contribution in [2.75, 3.05) is 0 Å². The SMILES string of the molecule is O=C1CCC(N2Cc3cc(O[C@H]4CCCC[C@@H]4NCc4cncnc4)ccc3C2=O)C(=O)N1. The average molecular weight is 450 g/mol. The number of carbonyl (C=O) groups is 3. The maximum Gasteiger partial charge on any atom is 0.255 e. The summed E-state index contributed by atoms with van der Waals surface area (Å²) in [5.74, 6) is -0.128. The summed E-state index contributed by atoms with van der Waals surface area (Å²) in [6, 6.07) is 5.14. The zero-order valence-electron chi connectivity index (χ0n) is 18.3. The Morgan fingerprint density at radius 2 is 1.91 bits per heavy atom. The van der Waals surface area contributed by atoms with E-state index < -0.39 is 11.9 Å². The second kappa shape index (κ2) is 9.27. The molecule has 2 aliphatic heterocycles. The molecule has 1 aliphatic carbocycles. The Labute approximate surface area is 191 Å². The van der Waals surface area contributed by atoms with Gasteiger partial charge in [0.2, 0.25) is 11.8 Å². The summed E-state index contributed by atoms with van der Waals surface area (Å²) in [6.07, 6.45) is 10.0. The molecule has 0 radical (unpaired) electrons. The second-order valence-corrected chi connectivity index (χ2v) is 8.89. The number of hydrogen-bond donors (Lipinski definition) is 2. The van der Waals surface area contributed by atoms with Gasteiger partial charge in [-0.1, -0.05) is 6.42 Å². The highest BCUT2D eigenvalue weighted by Gasteiger charge is 2.39. The minimum absolute atomic E-state index is 0.0322. The van der Waals surface area contributed by atoms with Crippen LogP contribution in [0.4, 0.5) is 0 Å². The first-order chi connectivity index (χ1) is 16.1. The second-order valence-electron chi connectivity index (χ2n) is 8.89. The molecule has 3 amide bonds. The zero-order chi connectivity index (χ0) is 22.8. The molecule has 1 saturated heterocycles. The molecule has 2 N–H and O–H groups in total. The fourth-order valence-corrected chi connectivity index (χ4v) is 4.94. The van der Waals surface area contributed by atoms with Crippen LogP contribution in [0.5, 0.6) is 5.75 Å². The number of benzene rings is 1. The van der Waals surface area contributed by atoms with Crippen LogP contribution in [0.2, 0.25) is 0 Å². The van der Waals surface area contributed by atoms with Crippen molar-refractivity contribution in [3.05, 3.63) is 53.6 Å². The van der Waals surface area contributed by atoms with Gasteiger partial charge in [0.15, 0.2) is 0 Å². The van der Waals surface area contributed by atoms with Gasteiger partial charge in [-0.3, -0.25) is 19.7 Å². The summed E-state index contributed by atoms with van der Waals surface area (Å²) in [6.45, 7) is 1.03. The van der Waals surface area contributed by atoms with Crippen molar-refractivity contribution in [1.29, 1.82) is 0 Å². The van der Waals surface area contributed by atoms with Gasteiger partial charge in [-0.25, -0.2) is 9.97 Å². The van der Waals surface area contributed by atoms with E-state index >= 15 is 0 Å². The molecule has 1 unspecified atom stereocenters. The quantitative estimate of drug-likeness (QED) is 0.646. The van der Waals surface area contributed by atoms with E-state index in [1.807, 2.05) is 24.5 Å². The Bertz CT molecular complexity index is 1060. The molecule has 3 heterocycles. The average Bonchev–Trinajstić information content (AvgIpc) is 3.14. The number of hydrogen-bond acceptors (Lipinski definition) is 7. The minimum Gasteiger partial charge on any atom is -0.489 e. The fraction of sp³-hybridized carbons (Fsp3) is 0.458. The Kier molecular flexibility index (Phi) is 6.04. The highest BCUT2D eigenvalue weighted by atomic mass is 16.5. The van der Waals surface area contributed by atoms with Gasteiger partial charge in [-0.15, -0.1) is 0 Å². The van der Waals surface area contributed by atoms with Crippen molar-refractivity contribution in [3.8, 4) is 5.75 Å². The van der Waals surface area contributed by atoms with Crippen molar-refractivity contribution in [1.82, 2.24) is 25.5 Å². The summed E-state index contributed by atoms with van der Waals surface area (Å²) in [4.78, 5) is 46.3. The van der Waals surface area contributed by atoms with Crippen LogP contribution in [-0.2, 0) is 22.7 Å². The van der Waals surface area contributed by atoms with Gasteiger partial charge >= 0.3 is 0 Å². The first-order valence-electron chi connectivity index (χ1n) is 11.5. The molecule has 9 heteroatoms. The van der Waals surface area contributed by atoms with Crippen LogP contribution >= 0.6 is 0 Å². The molecule has 172 valence electrons. The number of imide groups is 1. The topological polar surface area (TPSA) is 114 Å². The molecule has 5 rings (SSSR count). The van der Waals surface area contributed by atoms with Crippen molar-refractivity contribution in [2.45, 2.75) is 69.8 Å². The predicted octanol–water partition coefficient (Wildman–Crippen LogP) is 1.72. The lowest BCUT2D eigenvalue weighted by atomic mass is 9.92. The van der Waals surface area contributed by atoms with Crippen LogP contribution in [0.15, 0.2) is 36.9 Å². The third-order valence-corrected chi connectivity index (χ3v) is 6.67. The Hall–Kier alpha value is -3.33. The van der Waals surface area contributed by atoms with Crippen LogP contribution in [0.3, 0.4) is 0 Å². The van der Waals surface area contributed by atoms with Crippen molar-refractivity contribution in [3.63, 3.8) is 0 Å². The van der Waals surface area contributed by atoms with E-state index in [1.54, 1.807) is 11.0 Å². The van der Waals surface area contributed by atoms with E-state index in [9.17, 15) is 14.4 Å². The Morgan fingerprint density at radius 1 is 1.09 bits per heavy atom. The van der Waals surface area contributed by atoms with Gasteiger partial charge in [0.05, 0.1) is 0 Å². The number of nitrogens with zero attached hydrogens (tertiary/aromatic N) is 3. The molecule has 2 aromatic rings. The predicted molar refractivity (Wildman–Crippen MR) is 118 cm³/mol. The van der Waals surface area contributed by atoms with Crippen LogP contribution < -0.4 is 15.4 Å². The number of aromatic nitrogens is 2. The molecule has 0 bridgehead atoms. The van der Waals surface area contributed by atoms with Crippen LogP contribution in [0.1, 0.15) is 60.0 Å². The fourth-order valence-electron chi connectivity index (χ4n) is 4.94. The van der Waals surface area contributed by atoms with Crippen LogP contribution in [-0.4, -0.2) is 50.8 Å². The number of piperidine rings is 1. The van der Waals surface area contributed by atoms with E-state index in [-0.39, 0.29) is 30.4 Å². The molecule has 33 heavy (non-hydrogen) atoms. The number of amides is 3. The molecular formula is C24H27N5O4. The third-order valence-electron chi connectivity index (χ3n) is 6.67. The monoisotopic (exact) mass is 449 g/mol. The molecule has 1 aromatic carbocycles. The van der Waals surface area contributed by atoms with Crippen molar-refractivity contribution >= 4 is 17.7 Å². The highest BCUT2D eigenvalue weighted by molar-refractivity contribution is 6.05. The number of nitrogens with one attached hydrogen (secondary N) is 2. The van der Waals surface area contributed by atoms with Gasteiger partial charge in [0, 0.05) is 49.1 Å². The standard InChI is InChI=1S/C24H27N5O4/c30-22-8-7-20(23(31)28-22)29-13-16-9-17(5-6-18(16)24(29)32)33-21-4-2-1-3-19(21)27-12-15-10-25-14-26-11-15/h5-6,9-11,14,19-21,27H,1-4,7-8,12-13H2,(H,28,30,31)/t19-,20?,21-/m0/s1. The number of carbonyl (C=O) groups excluding carboxylic acids is 3. The molecular weight excluding hydrogens is 422 g/mol. The number of rotatable bonds is 6. The summed E-state index contributed by atoms with van der Waals surface area (Å²) >= 11 is 0. The van der Waals surface area contributed by atoms with Crippen molar-refractivity contribution in [2.24, 2.45) is 0 Å². The molecule has 3 atom stereocenters. The lowest BCUT2D eigenvalue weighted by molar-refractivity contribution is -0.136. The maximum atomic E-state index is 12.9. The van der Waals surface area contributed by atoms with E-state index in [1.165, 1.54) is 6.33 Å². The summed E-state index contributed by atoms with van der Waals surface area (Å²) in [7, 11) is 0. The normalized spacial score (nSPS) is 25.0. The van der Waals surface area contributed by atoms with Crippen LogP contribution in [0, 0.1) is 0 Å². The summed E-state index contributed by atoms with van der Waals surface area (Å²) in [5.41, 5.74) is 2.48. The van der Waals surface area contributed by atoms with Gasteiger partial charge in [0.1, 0.15) is 24.2 Å². The third kappa shape index (κ3) is 4.59. The molecule has 1 aromatic heterocycles. The Balaban J connectivity index is 1.25. The Morgan fingerprint density at radius 3 is 2.73 bits per heavy atom. The smallest absolute Gasteiger partial charge is 0.255 e. The zero-order valence-corrected chi connectivity index (χ0v) is 18.3. The van der Waals surface area contributed by atoms with Gasteiger partial charge in [0.25, 0.3) is 5.91 Å². The summed E-state index contributed by atoms with van der Waals surface area (Å²) < 4.78 is 6.39. The van der Waals surface area contributed by atoms with Gasteiger partial charge in [-0.2, -0.15) is 0 Å². The van der Waals surface area contributed by atoms with E-state index in [0.717, 1.165) is 42.6 Å². The van der Waals surface area contributed by atoms with Crippen molar-refractivity contribution < 1.29 is 19.1 Å². The number of fused-ring (bicyclic) bond motifs is 1. The van der Waals surface area contributed by atoms with Gasteiger partial charge in [-0.05, 0) is 49.4 Å². The first-order valence-corrected chi connectivity index (χ1v) is 11.5. The highest BCUT2D eigenvalue weighted by Crippen LogP contribution is 2.32. The molecule has 2 fully saturated rings. The summed E-state index contributed by atoms with van der Waals surface area (Å²) in [5, 5.41) is 5.92. The first kappa shape index (κ1) is 21.5. The largest absolute Gasteiger partial charge is 0.489 e. The molecule has 1 saturated carbocycles. The lowest BCUT2D eigenvalue weighted by Crippen LogP contribution is -2.52. The number of ether oxygens (including phenoxy) is 1.